The van der Waals surface area contributed by atoms with E-state index in [-0.39, 0.29) is 29.6 Å². The van der Waals surface area contributed by atoms with Crippen LogP contribution >= 0.6 is 0 Å². The van der Waals surface area contributed by atoms with Crippen LogP contribution in [-0.4, -0.2) is 51.5 Å². The summed E-state index contributed by atoms with van der Waals surface area (Å²) in [5, 5.41) is 18.2. The highest BCUT2D eigenvalue weighted by Crippen LogP contribution is 2.53. The number of piperidine rings is 2. The highest BCUT2D eigenvalue weighted by atomic mass is 16.6. The predicted molar refractivity (Wildman–Crippen MR) is 120 cm³/mol. The number of carbonyl (C=O) groups is 2. The summed E-state index contributed by atoms with van der Waals surface area (Å²) in [6.07, 6.45) is 8.19. The maximum atomic E-state index is 12.7. The molecule has 4 aliphatic rings. The number of hydroxylamine groups is 2. The first kappa shape index (κ1) is 24.1. The largest absolute Gasteiger partial charge is 0.444 e. The second-order valence-corrected chi connectivity index (χ2v) is 11.5. The Hall–Kier alpha value is -1.60. The average Bonchev–Trinajstić information content (AvgIpc) is 2.58. The molecule has 31 heavy (non-hydrogen) atoms. The van der Waals surface area contributed by atoms with Crippen molar-refractivity contribution in [3.8, 4) is 0 Å². The Morgan fingerprint density at radius 2 is 1.84 bits per heavy atom. The molecule has 2 saturated carbocycles. The number of ether oxygens (including phenoxy) is 1. The van der Waals surface area contributed by atoms with Gasteiger partial charge in [0.25, 0.3) is 0 Å². The highest BCUT2D eigenvalue weighted by Gasteiger charge is 2.57. The predicted octanol–water partition coefficient (Wildman–Crippen LogP) is 4.01. The highest BCUT2D eigenvalue weighted by molar-refractivity contribution is 5.78. The standard InChI is InChI=1S/C24H41N3O4/c1-15(2)10-18(25-22(29)31-23(3,4)5)8-7-9-20(28)26-21-16-11-19-12-17(21)14-24(6,13-16)27(19)30/h7-8,15-19,21,30H,9-14H2,1-6H3,(H,25,29)(H,26,28)/b8-7+/t16-,17+,18-,19?,21?,24-/m1/s1. The lowest BCUT2D eigenvalue weighted by molar-refractivity contribution is -0.274. The molecule has 0 aromatic rings. The van der Waals surface area contributed by atoms with Gasteiger partial charge in [0, 0.05) is 24.0 Å². The van der Waals surface area contributed by atoms with Crippen LogP contribution in [0.15, 0.2) is 12.2 Å². The number of alkyl carbamates (subject to hydrolysis) is 1. The van der Waals surface area contributed by atoms with Crippen LogP contribution in [0, 0.1) is 17.8 Å². The molecular formula is C24H41N3O4. The number of hydrogen-bond acceptors (Lipinski definition) is 5. The molecule has 0 radical (unpaired) electrons. The molecule has 2 amide bonds. The van der Waals surface area contributed by atoms with E-state index in [4.69, 9.17) is 4.74 Å². The normalized spacial score (nSPS) is 33.7. The van der Waals surface area contributed by atoms with Crippen molar-refractivity contribution in [2.75, 3.05) is 0 Å². The van der Waals surface area contributed by atoms with Gasteiger partial charge >= 0.3 is 6.09 Å². The molecule has 0 aromatic carbocycles. The molecule has 2 aliphatic heterocycles. The summed E-state index contributed by atoms with van der Waals surface area (Å²) in [6.45, 7) is 11.9. The molecule has 2 saturated heterocycles. The van der Waals surface area contributed by atoms with Gasteiger partial charge in [-0.3, -0.25) is 4.79 Å². The van der Waals surface area contributed by atoms with Gasteiger partial charge in [-0.05, 0) is 77.6 Å². The van der Waals surface area contributed by atoms with Crippen LogP contribution in [0.5, 0.6) is 0 Å². The van der Waals surface area contributed by atoms with E-state index in [1.165, 1.54) is 0 Å². The van der Waals surface area contributed by atoms with E-state index in [2.05, 4.69) is 31.4 Å². The Kier molecular flexibility index (Phi) is 7.06. The van der Waals surface area contributed by atoms with Gasteiger partial charge in [0.1, 0.15) is 5.60 Å². The summed E-state index contributed by atoms with van der Waals surface area (Å²) in [6, 6.07) is 0.288. The maximum Gasteiger partial charge on any atom is 0.408 e. The zero-order chi connectivity index (χ0) is 23.0. The lowest BCUT2D eigenvalue weighted by Crippen LogP contribution is -2.69. The first-order valence-corrected chi connectivity index (χ1v) is 11.8. The van der Waals surface area contributed by atoms with Crippen molar-refractivity contribution < 1.29 is 19.5 Å². The Balaban J connectivity index is 1.51. The van der Waals surface area contributed by atoms with Gasteiger partial charge in [0.2, 0.25) is 5.91 Å². The van der Waals surface area contributed by atoms with Gasteiger partial charge in [0.05, 0.1) is 6.04 Å². The Bertz CT molecular complexity index is 683. The van der Waals surface area contributed by atoms with E-state index in [9.17, 15) is 14.8 Å². The van der Waals surface area contributed by atoms with Gasteiger partial charge in [0.15, 0.2) is 0 Å². The zero-order valence-electron chi connectivity index (χ0n) is 20.0. The number of nitrogens with zero attached hydrogens (tertiary/aromatic N) is 1. The Labute approximate surface area is 186 Å². The minimum atomic E-state index is -0.543. The van der Waals surface area contributed by atoms with Crippen molar-refractivity contribution in [2.24, 2.45) is 17.8 Å². The van der Waals surface area contributed by atoms with Crippen LogP contribution in [0.4, 0.5) is 4.79 Å². The lowest BCUT2D eigenvalue weighted by Gasteiger charge is -2.62. The zero-order valence-corrected chi connectivity index (χ0v) is 20.0. The minimum Gasteiger partial charge on any atom is -0.444 e. The molecule has 4 bridgehead atoms. The summed E-state index contributed by atoms with van der Waals surface area (Å²) in [7, 11) is 0. The van der Waals surface area contributed by atoms with Gasteiger partial charge < -0.3 is 20.6 Å². The second kappa shape index (κ2) is 9.10. The fourth-order valence-electron chi connectivity index (χ4n) is 5.91. The molecule has 3 N–H and O–H groups in total. The van der Waals surface area contributed by atoms with E-state index >= 15 is 0 Å². The van der Waals surface area contributed by atoms with Gasteiger partial charge in [-0.25, -0.2) is 4.79 Å². The molecule has 6 atom stereocenters. The molecule has 2 aliphatic carbocycles. The van der Waals surface area contributed by atoms with Crippen molar-refractivity contribution in [3.63, 3.8) is 0 Å². The molecule has 4 fully saturated rings. The molecule has 2 heterocycles. The fraction of sp³-hybridized carbons (Fsp3) is 0.833. The molecule has 7 nitrogen and oxygen atoms in total. The number of carbonyl (C=O) groups excluding carboxylic acids is 2. The van der Waals surface area contributed by atoms with Crippen molar-refractivity contribution in [3.05, 3.63) is 12.2 Å². The molecule has 0 spiro atoms. The van der Waals surface area contributed by atoms with Crippen molar-refractivity contribution in [2.45, 2.75) is 109 Å². The van der Waals surface area contributed by atoms with Crippen LogP contribution in [0.2, 0.25) is 0 Å². The van der Waals surface area contributed by atoms with Gasteiger partial charge in [-0.1, -0.05) is 26.0 Å². The van der Waals surface area contributed by atoms with Crippen LogP contribution in [-0.2, 0) is 9.53 Å². The summed E-state index contributed by atoms with van der Waals surface area (Å²) in [5.74, 6) is 1.32. The third kappa shape index (κ3) is 6.01. The fourth-order valence-corrected chi connectivity index (χ4v) is 5.91. The van der Waals surface area contributed by atoms with E-state index in [0.717, 1.165) is 32.1 Å². The van der Waals surface area contributed by atoms with E-state index < -0.39 is 11.7 Å². The quantitative estimate of drug-likeness (QED) is 0.526. The number of rotatable bonds is 7. The van der Waals surface area contributed by atoms with Crippen molar-refractivity contribution in [1.82, 2.24) is 15.7 Å². The summed E-state index contributed by atoms with van der Waals surface area (Å²) < 4.78 is 5.36. The second-order valence-electron chi connectivity index (χ2n) is 11.5. The van der Waals surface area contributed by atoms with Crippen LogP contribution in [0.1, 0.15) is 80.1 Å². The van der Waals surface area contributed by atoms with E-state index in [0.29, 0.717) is 24.2 Å². The first-order chi connectivity index (χ1) is 14.4. The Morgan fingerprint density at radius 3 is 2.35 bits per heavy atom. The maximum absolute atomic E-state index is 12.7. The minimum absolute atomic E-state index is 0.0281. The number of amides is 2. The smallest absolute Gasteiger partial charge is 0.408 e. The van der Waals surface area contributed by atoms with Crippen LogP contribution in [0.3, 0.4) is 0 Å². The van der Waals surface area contributed by atoms with Gasteiger partial charge in [-0.15, -0.1) is 0 Å². The number of nitrogens with one attached hydrogen (secondary N) is 2. The van der Waals surface area contributed by atoms with Crippen molar-refractivity contribution in [1.29, 1.82) is 0 Å². The average molecular weight is 436 g/mol. The molecule has 4 rings (SSSR count). The third-order valence-corrected chi connectivity index (χ3v) is 6.89. The third-order valence-electron chi connectivity index (χ3n) is 6.89. The Morgan fingerprint density at radius 1 is 1.23 bits per heavy atom. The molecule has 7 heteroatoms. The van der Waals surface area contributed by atoms with Crippen molar-refractivity contribution >= 4 is 12.0 Å². The topological polar surface area (TPSA) is 90.9 Å². The molecule has 176 valence electrons. The van der Waals surface area contributed by atoms with Crippen LogP contribution in [0.25, 0.3) is 0 Å². The summed E-state index contributed by atoms with van der Waals surface area (Å²) >= 11 is 0. The molecule has 0 aromatic heterocycles. The lowest BCUT2D eigenvalue weighted by atomic mass is 9.57. The summed E-state index contributed by atoms with van der Waals surface area (Å²) in [4.78, 5) is 24.8. The van der Waals surface area contributed by atoms with E-state index in [1.54, 1.807) is 5.06 Å². The summed E-state index contributed by atoms with van der Waals surface area (Å²) in [5.41, 5.74) is -0.673. The van der Waals surface area contributed by atoms with Crippen LogP contribution < -0.4 is 10.6 Å². The van der Waals surface area contributed by atoms with E-state index in [1.807, 2.05) is 32.9 Å². The SMILES string of the molecule is CC(C)C[C@@H](/C=C/CC(=O)NC1[C@@H]2CC3C[C@H]1C[C@@](C)(C2)N3O)NC(=O)OC(C)(C)C. The number of hydrogen-bond donors (Lipinski definition) is 3. The van der Waals surface area contributed by atoms with Gasteiger partial charge in [-0.2, -0.15) is 5.06 Å². The monoisotopic (exact) mass is 435 g/mol. The first-order valence-electron chi connectivity index (χ1n) is 11.8. The molecule has 2 unspecified atom stereocenters. The molecular weight excluding hydrogens is 394 g/mol.